The molecule has 0 bridgehead atoms. The Bertz CT molecular complexity index is 817. The number of amides is 2. The molecule has 2 aromatic carbocycles. The van der Waals surface area contributed by atoms with Gasteiger partial charge in [-0.1, -0.05) is 61.7 Å². The molecule has 1 saturated carbocycles. The zero-order valence-electron chi connectivity index (χ0n) is 17.6. The summed E-state index contributed by atoms with van der Waals surface area (Å²) in [4.78, 5) is 27.6. The molecule has 0 radical (unpaired) electrons. The zero-order chi connectivity index (χ0) is 21.3. The van der Waals surface area contributed by atoms with Crippen molar-refractivity contribution in [2.75, 3.05) is 0 Å². The van der Waals surface area contributed by atoms with Gasteiger partial charge >= 0.3 is 0 Å². The number of carbonyl (C=O) groups is 2. The summed E-state index contributed by atoms with van der Waals surface area (Å²) in [6, 6.07) is 15.6. The molecule has 5 heteroatoms. The predicted octanol–water partition coefficient (Wildman–Crippen LogP) is 4.62. The zero-order valence-corrected chi connectivity index (χ0v) is 17.6. The first-order valence-electron chi connectivity index (χ1n) is 10.9. The maximum atomic E-state index is 13.3. The highest BCUT2D eigenvalue weighted by Crippen LogP contribution is 2.19. The number of nitrogens with zero attached hydrogens (tertiary/aromatic N) is 1. The Kier molecular flexibility index (Phi) is 8.00. The van der Waals surface area contributed by atoms with Crippen LogP contribution in [-0.4, -0.2) is 28.8 Å². The minimum absolute atomic E-state index is 0.0746. The third-order valence-corrected chi connectivity index (χ3v) is 5.86. The quantitative estimate of drug-likeness (QED) is 0.690. The van der Waals surface area contributed by atoms with Gasteiger partial charge < -0.3 is 10.2 Å². The Morgan fingerprint density at radius 2 is 1.67 bits per heavy atom. The van der Waals surface area contributed by atoms with Crippen LogP contribution in [0.2, 0.25) is 0 Å². The highest BCUT2D eigenvalue weighted by molar-refractivity contribution is 5.87. The number of carbonyl (C=O) groups excluding carboxylic acids is 2. The van der Waals surface area contributed by atoms with E-state index in [0.29, 0.717) is 12.8 Å². The standard InChI is InChI=1S/C25H31FN2O2/c1-19(25(30)27-23-10-6-3-7-11-23)28(18-21-12-15-22(26)16-13-21)24(29)17-14-20-8-4-2-5-9-20/h2,4-5,8-9,12-13,15-16,19,23H,3,6-7,10-11,14,17-18H2,1H3,(H,27,30)/t19-/m1/s1. The van der Waals surface area contributed by atoms with Crippen molar-refractivity contribution in [3.05, 3.63) is 71.5 Å². The van der Waals surface area contributed by atoms with Crippen molar-refractivity contribution in [1.29, 1.82) is 0 Å². The van der Waals surface area contributed by atoms with Gasteiger partial charge in [-0.15, -0.1) is 0 Å². The van der Waals surface area contributed by atoms with E-state index in [-0.39, 0.29) is 30.2 Å². The molecule has 1 aliphatic rings. The Labute approximate surface area is 178 Å². The number of hydrogen-bond donors (Lipinski definition) is 1. The van der Waals surface area contributed by atoms with Crippen LogP contribution in [0.5, 0.6) is 0 Å². The van der Waals surface area contributed by atoms with Gasteiger partial charge in [0.1, 0.15) is 11.9 Å². The van der Waals surface area contributed by atoms with E-state index in [4.69, 9.17) is 0 Å². The average Bonchev–Trinajstić information content (AvgIpc) is 2.78. The van der Waals surface area contributed by atoms with Gasteiger partial charge in [-0.3, -0.25) is 9.59 Å². The summed E-state index contributed by atoms with van der Waals surface area (Å²) in [5, 5.41) is 3.13. The van der Waals surface area contributed by atoms with Crippen LogP contribution in [0.15, 0.2) is 54.6 Å². The van der Waals surface area contributed by atoms with Crippen molar-refractivity contribution >= 4 is 11.8 Å². The van der Waals surface area contributed by atoms with Crippen LogP contribution in [0.25, 0.3) is 0 Å². The summed E-state index contributed by atoms with van der Waals surface area (Å²) in [7, 11) is 0. The average molecular weight is 411 g/mol. The first-order valence-corrected chi connectivity index (χ1v) is 10.9. The van der Waals surface area contributed by atoms with Crippen LogP contribution in [0.4, 0.5) is 4.39 Å². The molecule has 0 spiro atoms. The molecule has 2 amide bonds. The number of nitrogens with one attached hydrogen (secondary N) is 1. The highest BCUT2D eigenvalue weighted by Gasteiger charge is 2.27. The second kappa shape index (κ2) is 10.9. The van der Waals surface area contributed by atoms with E-state index in [1.54, 1.807) is 24.0 Å². The molecule has 0 heterocycles. The molecular weight excluding hydrogens is 379 g/mol. The van der Waals surface area contributed by atoms with Crippen molar-refractivity contribution < 1.29 is 14.0 Å². The number of halogens is 1. The first-order chi connectivity index (χ1) is 14.5. The van der Waals surface area contributed by atoms with Gasteiger partial charge in [0.15, 0.2) is 0 Å². The van der Waals surface area contributed by atoms with Gasteiger partial charge in [-0.05, 0) is 49.4 Å². The van der Waals surface area contributed by atoms with E-state index in [1.165, 1.54) is 18.6 Å². The van der Waals surface area contributed by atoms with Crippen molar-refractivity contribution in [1.82, 2.24) is 10.2 Å². The van der Waals surface area contributed by atoms with E-state index in [0.717, 1.165) is 36.8 Å². The molecule has 0 aromatic heterocycles. The molecule has 3 rings (SSSR count). The number of rotatable bonds is 8. The van der Waals surface area contributed by atoms with Gasteiger partial charge in [-0.2, -0.15) is 0 Å². The minimum atomic E-state index is -0.583. The summed E-state index contributed by atoms with van der Waals surface area (Å²) in [6.45, 7) is 2.06. The smallest absolute Gasteiger partial charge is 0.242 e. The Hall–Kier alpha value is -2.69. The monoisotopic (exact) mass is 410 g/mol. The lowest BCUT2D eigenvalue weighted by molar-refractivity contribution is -0.141. The Morgan fingerprint density at radius 1 is 1.00 bits per heavy atom. The van der Waals surface area contributed by atoms with Crippen LogP contribution in [0, 0.1) is 5.82 Å². The topological polar surface area (TPSA) is 49.4 Å². The molecule has 4 nitrogen and oxygen atoms in total. The molecule has 0 aliphatic heterocycles. The maximum Gasteiger partial charge on any atom is 0.242 e. The first kappa shape index (κ1) is 22.0. The lowest BCUT2D eigenvalue weighted by atomic mass is 9.95. The number of aryl methyl sites for hydroxylation is 1. The van der Waals surface area contributed by atoms with Crippen molar-refractivity contribution in [2.24, 2.45) is 0 Å². The van der Waals surface area contributed by atoms with Crippen molar-refractivity contribution in [3.63, 3.8) is 0 Å². The molecule has 30 heavy (non-hydrogen) atoms. The molecule has 1 aliphatic carbocycles. The van der Waals surface area contributed by atoms with Gasteiger partial charge in [0.25, 0.3) is 0 Å². The minimum Gasteiger partial charge on any atom is -0.352 e. The van der Waals surface area contributed by atoms with E-state index in [9.17, 15) is 14.0 Å². The Morgan fingerprint density at radius 3 is 2.33 bits per heavy atom. The molecular formula is C25H31FN2O2. The third kappa shape index (κ3) is 6.41. The number of hydrogen-bond acceptors (Lipinski definition) is 2. The highest BCUT2D eigenvalue weighted by atomic mass is 19.1. The number of benzene rings is 2. The summed E-state index contributed by atoms with van der Waals surface area (Å²) in [5.74, 6) is -0.504. The SMILES string of the molecule is C[C@H](C(=O)NC1CCCCC1)N(Cc1ccc(F)cc1)C(=O)CCc1ccccc1. The molecule has 2 aromatic rings. The van der Waals surface area contributed by atoms with E-state index in [1.807, 2.05) is 30.3 Å². The molecule has 0 unspecified atom stereocenters. The van der Waals surface area contributed by atoms with Crippen LogP contribution >= 0.6 is 0 Å². The van der Waals surface area contributed by atoms with Crippen LogP contribution in [-0.2, 0) is 22.6 Å². The largest absolute Gasteiger partial charge is 0.352 e. The van der Waals surface area contributed by atoms with Crippen molar-refractivity contribution in [2.45, 2.75) is 70.5 Å². The van der Waals surface area contributed by atoms with Gasteiger partial charge in [0.05, 0.1) is 0 Å². The lowest BCUT2D eigenvalue weighted by Gasteiger charge is -2.31. The summed E-state index contributed by atoms with van der Waals surface area (Å²) >= 11 is 0. The molecule has 160 valence electrons. The molecule has 1 atom stereocenters. The predicted molar refractivity (Wildman–Crippen MR) is 116 cm³/mol. The normalized spacial score (nSPS) is 15.4. The van der Waals surface area contributed by atoms with Crippen LogP contribution < -0.4 is 5.32 Å². The fourth-order valence-electron chi connectivity index (χ4n) is 3.98. The molecule has 1 N–H and O–H groups in total. The second-order valence-corrected chi connectivity index (χ2v) is 8.15. The summed E-state index contributed by atoms with van der Waals surface area (Å²) in [5.41, 5.74) is 1.90. The van der Waals surface area contributed by atoms with Crippen LogP contribution in [0.1, 0.15) is 56.6 Å². The van der Waals surface area contributed by atoms with E-state index >= 15 is 0 Å². The van der Waals surface area contributed by atoms with Gasteiger partial charge in [0, 0.05) is 19.0 Å². The summed E-state index contributed by atoms with van der Waals surface area (Å²) < 4.78 is 13.3. The van der Waals surface area contributed by atoms with E-state index < -0.39 is 6.04 Å². The molecule has 1 fully saturated rings. The fourth-order valence-corrected chi connectivity index (χ4v) is 3.98. The summed E-state index contributed by atoms with van der Waals surface area (Å²) in [6.07, 6.45) is 6.43. The maximum absolute atomic E-state index is 13.3. The fraction of sp³-hybridized carbons (Fsp3) is 0.440. The van der Waals surface area contributed by atoms with Crippen LogP contribution in [0.3, 0.4) is 0 Å². The van der Waals surface area contributed by atoms with Gasteiger partial charge in [-0.25, -0.2) is 4.39 Å². The van der Waals surface area contributed by atoms with E-state index in [2.05, 4.69) is 5.32 Å². The Balaban J connectivity index is 1.68. The second-order valence-electron chi connectivity index (χ2n) is 8.15. The van der Waals surface area contributed by atoms with Gasteiger partial charge in [0.2, 0.25) is 11.8 Å². The molecule has 0 saturated heterocycles. The third-order valence-electron chi connectivity index (χ3n) is 5.86. The van der Waals surface area contributed by atoms with Crippen molar-refractivity contribution in [3.8, 4) is 0 Å². The lowest BCUT2D eigenvalue weighted by Crippen LogP contribution is -2.50.